The SMILES string of the molecule is CC(C)(C)[C@@H](CO)NC(c1nn(-c2cnccn2)c2c1C[C@@H]1C[C@H]21)C(F)(F)F. The first kappa shape index (κ1) is 19.3. The van der Waals surface area contributed by atoms with Crippen LogP contribution in [-0.4, -0.2) is 43.7 Å². The summed E-state index contributed by atoms with van der Waals surface area (Å²) >= 11 is 0. The molecule has 2 aromatic rings. The van der Waals surface area contributed by atoms with Crippen LogP contribution in [0.25, 0.3) is 5.82 Å². The van der Waals surface area contributed by atoms with Crippen molar-refractivity contribution in [1.82, 2.24) is 25.1 Å². The molecule has 0 aromatic carbocycles. The number of aliphatic hydroxyl groups is 1. The molecule has 6 nitrogen and oxygen atoms in total. The largest absolute Gasteiger partial charge is 0.409 e. The molecule has 1 fully saturated rings. The van der Waals surface area contributed by atoms with Gasteiger partial charge in [0.1, 0.15) is 6.04 Å². The van der Waals surface area contributed by atoms with Gasteiger partial charge in [-0.25, -0.2) is 9.67 Å². The lowest BCUT2D eigenvalue weighted by Crippen LogP contribution is -2.49. The third kappa shape index (κ3) is 3.30. The van der Waals surface area contributed by atoms with Crippen molar-refractivity contribution in [2.75, 3.05) is 6.61 Å². The summed E-state index contributed by atoms with van der Waals surface area (Å²) in [6.07, 6.45) is 1.56. The lowest BCUT2D eigenvalue weighted by molar-refractivity contribution is -0.163. The molecule has 2 heterocycles. The zero-order valence-electron chi connectivity index (χ0n) is 16.0. The number of rotatable bonds is 5. The van der Waals surface area contributed by atoms with Crippen LogP contribution in [0.3, 0.4) is 0 Å². The number of nitrogens with one attached hydrogen (secondary N) is 1. The van der Waals surface area contributed by atoms with Crippen LogP contribution in [0.15, 0.2) is 18.6 Å². The van der Waals surface area contributed by atoms with Gasteiger partial charge >= 0.3 is 6.18 Å². The summed E-state index contributed by atoms with van der Waals surface area (Å²) in [7, 11) is 0. The van der Waals surface area contributed by atoms with E-state index in [4.69, 9.17) is 0 Å². The van der Waals surface area contributed by atoms with Gasteiger partial charge in [-0.1, -0.05) is 20.8 Å². The lowest BCUT2D eigenvalue weighted by atomic mass is 9.86. The van der Waals surface area contributed by atoms with Gasteiger partial charge in [0.05, 0.1) is 24.2 Å². The van der Waals surface area contributed by atoms with E-state index in [2.05, 4.69) is 20.4 Å². The predicted octanol–water partition coefficient (Wildman–Crippen LogP) is 2.92. The first-order chi connectivity index (χ1) is 13.1. The van der Waals surface area contributed by atoms with E-state index in [9.17, 15) is 18.3 Å². The van der Waals surface area contributed by atoms with Gasteiger partial charge < -0.3 is 5.11 Å². The van der Waals surface area contributed by atoms with E-state index in [1.807, 2.05) is 0 Å². The number of aromatic nitrogens is 4. The molecule has 1 unspecified atom stereocenters. The number of hydrogen-bond acceptors (Lipinski definition) is 5. The molecule has 152 valence electrons. The molecular weight excluding hydrogens is 371 g/mol. The molecule has 2 aromatic heterocycles. The highest BCUT2D eigenvalue weighted by molar-refractivity contribution is 5.45. The molecule has 9 heteroatoms. The zero-order valence-corrected chi connectivity index (χ0v) is 16.0. The summed E-state index contributed by atoms with van der Waals surface area (Å²) < 4.78 is 43.7. The third-order valence-electron chi connectivity index (χ3n) is 5.76. The molecule has 4 atom stereocenters. The molecule has 0 spiro atoms. The van der Waals surface area contributed by atoms with Gasteiger partial charge in [0, 0.05) is 24.4 Å². The molecule has 2 N–H and O–H groups in total. The second-order valence-corrected chi connectivity index (χ2v) is 8.77. The minimum absolute atomic E-state index is 0.0111. The van der Waals surface area contributed by atoms with Crippen LogP contribution < -0.4 is 5.32 Å². The molecule has 0 radical (unpaired) electrons. The van der Waals surface area contributed by atoms with Gasteiger partial charge in [-0.05, 0) is 29.7 Å². The smallest absolute Gasteiger partial charge is 0.395 e. The maximum atomic E-state index is 14.1. The van der Waals surface area contributed by atoms with Crippen LogP contribution in [-0.2, 0) is 6.42 Å². The van der Waals surface area contributed by atoms with Crippen LogP contribution in [0.4, 0.5) is 13.2 Å². The highest BCUT2D eigenvalue weighted by atomic mass is 19.4. The van der Waals surface area contributed by atoms with Crippen molar-refractivity contribution < 1.29 is 18.3 Å². The quantitative estimate of drug-likeness (QED) is 0.814. The van der Waals surface area contributed by atoms with E-state index >= 15 is 0 Å². The van der Waals surface area contributed by atoms with Crippen molar-refractivity contribution in [3.63, 3.8) is 0 Å². The maximum Gasteiger partial charge on any atom is 0.409 e. The molecule has 0 aliphatic heterocycles. The van der Waals surface area contributed by atoms with Crippen molar-refractivity contribution in [3.8, 4) is 5.82 Å². The minimum Gasteiger partial charge on any atom is -0.395 e. The normalized spacial score (nSPS) is 23.2. The van der Waals surface area contributed by atoms with Crippen LogP contribution in [0, 0.1) is 11.3 Å². The van der Waals surface area contributed by atoms with Crippen LogP contribution >= 0.6 is 0 Å². The third-order valence-corrected chi connectivity index (χ3v) is 5.76. The standard InChI is InChI=1S/C19H24F3N5O/c1-18(2,3)13(9-28)25-17(19(20,21)22)15-12-7-10-6-11(10)16(12)27(26-15)14-8-23-4-5-24-14/h4-5,8,10-11,13,17,25,28H,6-7,9H2,1-3H3/t10-,11-,13+,17?/m0/s1. The predicted molar refractivity (Wildman–Crippen MR) is 96.0 cm³/mol. The summed E-state index contributed by atoms with van der Waals surface area (Å²) in [5.41, 5.74) is 0.931. The summed E-state index contributed by atoms with van der Waals surface area (Å²) in [6.45, 7) is 5.00. The van der Waals surface area contributed by atoms with E-state index in [0.29, 0.717) is 23.7 Å². The number of halogens is 3. The molecule has 2 aliphatic carbocycles. The summed E-state index contributed by atoms with van der Waals surface area (Å²) in [5.74, 6) is 1.05. The van der Waals surface area contributed by atoms with Gasteiger partial charge in [-0.3, -0.25) is 10.3 Å². The molecule has 0 amide bonds. The zero-order chi connectivity index (χ0) is 20.3. The Morgan fingerprint density at radius 3 is 2.61 bits per heavy atom. The summed E-state index contributed by atoms with van der Waals surface area (Å²) in [5, 5.41) is 16.7. The first-order valence-electron chi connectivity index (χ1n) is 9.43. The van der Waals surface area contributed by atoms with Crippen molar-refractivity contribution in [1.29, 1.82) is 0 Å². The van der Waals surface area contributed by atoms with E-state index in [1.165, 1.54) is 23.3 Å². The fraction of sp³-hybridized carbons (Fsp3) is 0.632. The Bertz CT molecular complexity index is 859. The second-order valence-electron chi connectivity index (χ2n) is 8.77. The van der Waals surface area contributed by atoms with Gasteiger partial charge in [-0.15, -0.1) is 0 Å². The number of hydrogen-bond donors (Lipinski definition) is 2. The van der Waals surface area contributed by atoms with E-state index in [-0.39, 0.29) is 11.6 Å². The van der Waals surface area contributed by atoms with E-state index in [1.54, 1.807) is 20.8 Å². The lowest BCUT2D eigenvalue weighted by Gasteiger charge is -2.34. The van der Waals surface area contributed by atoms with Crippen LogP contribution in [0.5, 0.6) is 0 Å². The Kier molecular flexibility index (Phi) is 4.50. The molecule has 0 saturated heterocycles. The van der Waals surface area contributed by atoms with Crippen LogP contribution in [0.1, 0.15) is 56.1 Å². The molecule has 28 heavy (non-hydrogen) atoms. The Balaban J connectivity index is 1.79. The topological polar surface area (TPSA) is 75.9 Å². The second kappa shape index (κ2) is 6.52. The Labute approximate surface area is 161 Å². The fourth-order valence-corrected chi connectivity index (χ4v) is 4.05. The van der Waals surface area contributed by atoms with Gasteiger partial charge in [0.2, 0.25) is 0 Å². The van der Waals surface area contributed by atoms with Crippen molar-refractivity contribution in [2.45, 2.75) is 57.8 Å². The molecule has 2 aliphatic rings. The van der Waals surface area contributed by atoms with Crippen molar-refractivity contribution in [3.05, 3.63) is 35.5 Å². The molecular formula is C19H24F3N5O. The van der Waals surface area contributed by atoms with Gasteiger partial charge in [-0.2, -0.15) is 18.3 Å². The number of alkyl halides is 3. The first-order valence-corrected chi connectivity index (χ1v) is 9.43. The van der Waals surface area contributed by atoms with Crippen molar-refractivity contribution >= 4 is 0 Å². The molecule has 0 bridgehead atoms. The Morgan fingerprint density at radius 2 is 2.04 bits per heavy atom. The monoisotopic (exact) mass is 395 g/mol. The number of fused-ring (bicyclic) bond motifs is 3. The van der Waals surface area contributed by atoms with Crippen molar-refractivity contribution in [2.24, 2.45) is 11.3 Å². The highest BCUT2D eigenvalue weighted by Crippen LogP contribution is 2.58. The summed E-state index contributed by atoms with van der Waals surface area (Å²) in [4.78, 5) is 8.25. The minimum atomic E-state index is -4.54. The maximum absolute atomic E-state index is 14.1. The number of nitrogens with zero attached hydrogens (tertiary/aromatic N) is 4. The highest BCUT2D eigenvalue weighted by Gasteiger charge is 2.53. The average molecular weight is 395 g/mol. The Morgan fingerprint density at radius 1 is 1.29 bits per heavy atom. The summed E-state index contributed by atoms with van der Waals surface area (Å²) in [6, 6.07) is -2.68. The number of aliphatic hydroxyl groups excluding tert-OH is 1. The van der Waals surface area contributed by atoms with Crippen LogP contribution in [0.2, 0.25) is 0 Å². The van der Waals surface area contributed by atoms with E-state index in [0.717, 1.165) is 12.1 Å². The molecule has 4 rings (SSSR count). The van der Waals surface area contributed by atoms with Gasteiger partial charge in [0.15, 0.2) is 5.82 Å². The Hall–Kier alpha value is -2.00. The van der Waals surface area contributed by atoms with Gasteiger partial charge in [0.25, 0.3) is 0 Å². The average Bonchev–Trinajstić information content (AvgIpc) is 3.12. The van der Waals surface area contributed by atoms with E-state index < -0.39 is 30.3 Å². The fourth-order valence-electron chi connectivity index (χ4n) is 4.05. The molecule has 1 saturated carbocycles.